The number of pyridine rings is 2. The monoisotopic (exact) mass is 1020 g/mol. The van der Waals surface area contributed by atoms with Crippen LogP contribution in [0.1, 0.15) is 65.7 Å². The summed E-state index contributed by atoms with van der Waals surface area (Å²) in [5.74, 6) is -0.627. The zero-order valence-corrected chi connectivity index (χ0v) is 42.3. The van der Waals surface area contributed by atoms with E-state index in [-0.39, 0.29) is 64.5 Å². The number of methoxy groups -OCH3 is 2. The molecule has 8 heterocycles. The van der Waals surface area contributed by atoms with Gasteiger partial charge in [-0.15, -0.1) is 0 Å². The van der Waals surface area contributed by atoms with E-state index >= 15 is 0 Å². The van der Waals surface area contributed by atoms with Gasteiger partial charge in [-0.2, -0.15) is 0 Å². The summed E-state index contributed by atoms with van der Waals surface area (Å²) < 4.78 is 69.9. The summed E-state index contributed by atoms with van der Waals surface area (Å²) in [6.45, 7) is 15.6. The quantitative estimate of drug-likeness (QED) is 0.0594. The molecule has 0 spiro atoms. The minimum absolute atomic E-state index is 0.0324. The maximum Gasteiger partial charge on any atom is 0.310 e. The van der Waals surface area contributed by atoms with E-state index < -0.39 is 23.3 Å². The van der Waals surface area contributed by atoms with Crippen molar-refractivity contribution in [3.63, 3.8) is 0 Å². The fraction of sp³-hybridized carbons (Fsp3) is 0.365. The molecule has 74 heavy (non-hydrogen) atoms. The van der Waals surface area contributed by atoms with Crippen LogP contribution in [0.25, 0.3) is 33.5 Å². The summed E-state index contributed by atoms with van der Waals surface area (Å²) in [5.41, 5.74) is 4.52. The van der Waals surface area contributed by atoms with E-state index in [1.54, 1.807) is 24.4 Å². The first-order valence-corrected chi connectivity index (χ1v) is 24.2. The van der Waals surface area contributed by atoms with Gasteiger partial charge in [0.25, 0.3) is 6.47 Å². The molecule has 5 aromatic heterocycles. The van der Waals surface area contributed by atoms with Gasteiger partial charge in [-0.25, -0.2) is 52.4 Å². The first kappa shape index (κ1) is 52.2. The molecule has 3 N–H and O–H groups in total. The normalized spacial score (nSPS) is 15.8. The average Bonchev–Trinajstić information content (AvgIpc) is 4.23. The molecule has 7 aromatic rings. The van der Waals surface area contributed by atoms with E-state index in [0.717, 1.165) is 49.8 Å². The molecule has 0 radical (unpaired) electrons. The molecule has 3 aliphatic heterocycles. The smallest absolute Gasteiger partial charge is 0.310 e. The number of hydrogen-bond donors (Lipinski definition) is 3. The number of benzene rings is 2. The molecule has 2 atom stereocenters. The van der Waals surface area contributed by atoms with Gasteiger partial charge >= 0.3 is 5.97 Å². The maximum absolute atomic E-state index is 14.9. The third-order valence-electron chi connectivity index (χ3n) is 12.8. The van der Waals surface area contributed by atoms with Crippen LogP contribution in [0.15, 0.2) is 73.3 Å². The minimum Gasteiger partial charge on any atom is -0.471 e. The number of carbonyl (C=O) groups is 2. The summed E-state index contributed by atoms with van der Waals surface area (Å²) in [6, 6.07) is 13.7. The van der Waals surface area contributed by atoms with Crippen molar-refractivity contribution in [3.05, 3.63) is 102 Å². The van der Waals surface area contributed by atoms with E-state index in [9.17, 15) is 22.4 Å². The van der Waals surface area contributed by atoms with Gasteiger partial charge in [-0.1, -0.05) is 0 Å². The van der Waals surface area contributed by atoms with Gasteiger partial charge in [0.1, 0.15) is 40.2 Å². The Morgan fingerprint density at radius 1 is 0.730 bits per heavy atom. The fourth-order valence-electron chi connectivity index (χ4n) is 9.46. The van der Waals surface area contributed by atoms with Gasteiger partial charge in [0.2, 0.25) is 11.9 Å². The lowest BCUT2D eigenvalue weighted by atomic mass is 10.1. The van der Waals surface area contributed by atoms with Crippen LogP contribution in [0.4, 0.5) is 63.8 Å². The van der Waals surface area contributed by atoms with Gasteiger partial charge in [0, 0.05) is 49.4 Å². The number of nitrogens with one attached hydrogen (secondary N) is 3. The van der Waals surface area contributed by atoms with Crippen LogP contribution in [0.3, 0.4) is 0 Å². The number of imidazole rings is 1. The highest BCUT2D eigenvalue weighted by atomic mass is 19.1. The molecular formula is C52H58F4N14O4. The Balaban J connectivity index is 0.000000185. The summed E-state index contributed by atoms with van der Waals surface area (Å²) >= 11 is 0. The molecule has 2 fully saturated rings. The third kappa shape index (κ3) is 11.4. The van der Waals surface area contributed by atoms with E-state index in [2.05, 4.69) is 70.3 Å². The molecule has 2 aromatic carbocycles. The molecule has 10 rings (SSSR count). The van der Waals surface area contributed by atoms with Crippen molar-refractivity contribution < 1.29 is 36.6 Å². The summed E-state index contributed by atoms with van der Waals surface area (Å²) in [6.07, 6.45) is 8.68. The standard InChI is InChI=1S/C26H27F2N7O2.C24H27F2N7.C2H4O2/c1-14(2)35-15(3)31-24-19(27)9-17(10-21(24)35)23-20(28)12-30-26(33-23)32-22-6-5-18(11-29-22)34-8-7-16(13-34)25(36)37-4;1-14(2)33-15(3)29-23-18(25)10-16(11-20(23)33)22-19(26)13-28-24(31-22)30-21-7-6-17(12-27-21)32-8-4-5-9-32;1-4-2-3/h5-6,9-12,14,16H,7-8,13H2,1-4H3,(H,29,30,32,33);6-7,10-15,29H,4-5,8-9H2,1-3H3,(H,27,28,30,31);2H,1H3. The van der Waals surface area contributed by atoms with Crippen LogP contribution in [-0.2, 0) is 19.1 Å². The van der Waals surface area contributed by atoms with Gasteiger partial charge in [-0.3, -0.25) is 9.59 Å². The van der Waals surface area contributed by atoms with Crippen molar-refractivity contribution in [1.29, 1.82) is 0 Å². The number of aromatic nitrogens is 8. The average molecular weight is 1020 g/mol. The molecule has 18 nitrogen and oxygen atoms in total. The SMILES string of the molecule is CC(C)N1c2cc(-c3nc(Nc4ccc(N5CCCC5)cn4)ncc3F)cc(F)c2NC1C.COC(=O)C1CCN(c2ccc(Nc3ncc(F)c(-c4cc(F)c5nc(C)n(C(C)C)c5c4)n3)nc2)C1.COC=O. The Morgan fingerprint density at radius 2 is 1.30 bits per heavy atom. The van der Waals surface area contributed by atoms with E-state index in [0.29, 0.717) is 52.9 Å². The molecule has 0 amide bonds. The first-order chi connectivity index (χ1) is 35.6. The van der Waals surface area contributed by atoms with Gasteiger partial charge < -0.3 is 44.7 Å². The first-order valence-electron chi connectivity index (χ1n) is 24.2. The van der Waals surface area contributed by atoms with Crippen LogP contribution < -0.4 is 30.7 Å². The largest absolute Gasteiger partial charge is 0.471 e. The highest BCUT2D eigenvalue weighted by Crippen LogP contribution is 2.41. The van der Waals surface area contributed by atoms with Crippen molar-refractivity contribution in [1.82, 2.24) is 39.5 Å². The molecule has 0 bridgehead atoms. The van der Waals surface area contributed by atoms with Gasteiger partial charge in [0.15, 0.2) is 17.5 Å². The maximum atomic E-state index is 14.9. The lowest BCUT2D eigenvalue weighted by molar-refractivity contribution is -0.144. The molecule has 0 aliphatic carbocycles. The lowest BCUT2D eigenvalue weighted by Gasteiger charge is -2.28. The number of halogens is 4. The molecular weight excluding hydrogens is 961 g/mol. The van der Waals surface area contributed by atoms with E-state index in [4.69, 9.17) is 9.53 Å². The van der Waals surface area contributed by atoms with Crippen molar-refractivity contribution in [3.8, 4) is 22.5 Å². The summed E-state index contributed by atoms with van der Waals surface area (Å²) in [5, 5.41) is 9.16. The number of anilines is 8. The zero-order valence-electron chi connectivity index (χ0n) is 42.3. The van der Waals surface area contributed by atoms with Crippen molar-refractivity contribution >= 4 is 69.8 Å². The molecule has 22 heteroatoms. The van der Waals surface area contributed by atoms with Gasteiger partial charge in [0.05, 0.1) is 79.4 Å². The highest BCUT2D eigenvalue weighted by Gasteiger charge is 2.32. The molecule has 388 valence electrons. The van der Waals surface area contributed by atoms with Crippen molar-refractivity contribution in [2.24, 2.45) is 5.92 Å². The van der Waals surface area contributed by atoms with E-state index in [1.165, 1.54) is 39.2 Å². The van der Waals surface area contributed by atoms with E-state index in [1.807, 2.05) is 70.5 Å². The number of aryl methyl sites for hydroxylation is 1. The highest BCUT2D eigenvalue weighted by molar-refractivity contribution is 5.84. The Labute approximate surface area is 425 Å². The van der Waals surface area contributed by atoms with Crippen LogP contribution >= 0.6 is 0 Å². The second-order valence-corrected chi connectivity index (χ2v) is 18.4. The van der Waals surface area contributed by atoms with Crippen LogP contribution in [-0.4, -0.2) is 105 Å². The van der Waals surface area contributed by atoms with Crippen LogP contribution in [0.5, 0.6) is 0 Å². The van der Waals surface area contributed by atoms with Gasteiger partial charge in [-0.05, 0) is 109 Å². The number of nitrogens with zero attached hydrogens (tertiary/aromatic N) is 11. The number of esters is 1. The number of carbonyl (C=O) groups excluding carboxylic acids is 2. The number of hydrogen-bond acceptors (Lipinski definition) is 17. The number of fused-ring (bicyclic) bond motifs is 2. The van der Waals surface area contributed by atoms with Crippen LogP contribution in [0.2, 0.25) is 0 Å². The predicted molar refractivity (Wildman–Crippen MR) is 276 cm³/mol. The summed E-state index contributed by atoms with van der Waals surface area (Å²) in [7, 11) is 2.71. The Kier molecular flexibility index (Phi) is 16.0. The number of ether oxygens (including phenoxy) is 2. The Morgan fingerprint density at radius 3 is 1.82 bits per heavy atom. The molecule has 0 saturated carbocycles. The molecule has 3 aliphatic rings. The predicted octanol–water partition coefficient (Wildman–Crippen LogP) is 9.73. The molecule has 2 unspecified atom stereocenters. The fourth-order valence-corrected chi connectivity index (χ4v) is 9.46. The Bertz CT molecular complexity index is 3120. The third-order valence-corrected chi connectivity index (χ3v) is 12.8. The van der Waals surface area contributed by atoms with Crippen LogP contribution in [0, 0.1) is 36.1 Å². The topological polar surface area (TPSA) is 194 Å². The molecule has 2 saturated heterocycles. The number of rotatable bonds is 12. The minimum atomic E-state index is -0.672. The lowest BCUT2D eigenvalue weighted by Crippen LogP contribution is -2.38. The van der Waals surface area contributed by atoms with Crippen molar-refractivity contribution in [2.45, 2.75) is 79.1 Å². The van der Waals surface area contributed by atoms with Crippen molar-refractivity contribution in [2.75, 3.05) is 71.0 Å². The second kappa shape index (κ2) is 22.7. The summed E-state index contributed by atoms with van der Waals surface area (Å²) in [4.78, 5) is 57.1. The Hall–Kier alpha value is -8.17. The zero-order chi connectivity index (χ0) is 52.8. The second-order valence-electron chi connectivity index (χ2n) is 18.4.